The van der Waals surface area contributed by atoms with Crippen molar-refractivity contribution in [1.82, 2.24) is 19.7 Å². The minimum Gasteiger partial charge on any atom is -0.338 e. The molecule has 3 aromatic rings. The molecule has 1 aromatic carbocycles. The Balaban J connectivity index is 1.49. The second-order valence-electron chi connectivity index (χ2n) is 6.78. The quantitative estimate of drug-likeness (QED) is 0.703. The van der Waals surface area contributed by atoms with Gasteiger partial charge in [-0.2, -0.15) is 5.10 Å². The van der Waals surface area contributed by atoms with Gasteiger partial charge in [-0.1, -0.05) is 30.3 Å². The summed E-state index contributed by atoms with van der Waals surface area (Å²) in [6.45, 7) is 0.952. The summed E-state index contributed by atoms with van der Waals surface area (Å²) in [5, 5.41) is 4.55. The van der Waals surface area contributed by atoms with Gasteiger partial charge in [0, 0.05) is 30.9 Å². The molecular weight excluding hydrogens is 359 g/mol. The van der Waals surface area contributed by atoms with E-state index in [-0.39, 0.29) is 23.1 Å². The molecular formula is C21H19FN4O2. The maximum atomic E-state index is 13.3. The zero-order valence-electron chi connectivity index (χ0n) is 15.2. The number of aromatic nitrogens is 3. The molecule has 0 atom stereocenters. The minimum absolute atomic E-state index is 0.0779. The minimum atomic E-state index is -0.533. The molecule has 0 unspecified atom stereocenters. The molecule has 1 fully saturated rings. The number of likely N-dealkylation sites (tertiary alicyclic amines) is 1. The third kappa shape index (κ3) is 3.69. The summed E-state index contributed by atoms with van der Waals surface area (Å²) in [5.74, 6) is -0.780. The average molecular weight is 378 g/mol. The van der Waals surface area contributed by atoms with E-state index in [2.05, 4.69) is 10.1 Å². The van der Waals surface area contributed by atoms with Gasteiger partial charge in [-0.05, 0) is 25.0 Å². The number of pyridine rings is 1. The van der Waals surface area contributed by atoms with Gasteiger partial charge in [0.05, 0.1) is 23.5 Å². The fourth-order valence-corrected chi connectivity index (χ4v) is 3.47. The third-order valence-electron chi connectivity index (χ3n) is 4.94. The van der Waals surface area contributed by atoms with Crippen LogP contribution in [0.2, 0.25) is 0 Å². The van der Waals surface area contributed by atoms with Crippen molar-refractivity contribution in [2.45, 2.75) is 18.9 Å². The number of hydrogen-bond acceptors (Lipinski definition) is 4. The van der Waals surface area contributed by atoms with Gasteiger partial charge < -0.3 is 4.90 Å². The zero-order chi connectivity index (χ0) is 19.5. The number of benzene rings is 1. The van der Waals surface area contributed by atoms with Crippen LogP contribution in [0.1, 0.15) is 29.2 Å². The van der Waals surface area contributed by atoms with E-state index < -0.39 is 5.82 Å². The van der Waals surface area contributed by atoms with Crippen LogP contribution in [0.3, 0.4) is 0 Å². The Kier molecular flexibility index (Phi) is 4.97. The van der Waals surface area contributed by atoms with E-state index in [1.807, 2.05) is 30.3 Å². The van der Waals surface area contributed by atoms with Gasteiger partial charge in [0.1, 0.15) is 5.82 Å². The Morgan fingerprint density at radius 1 is 1.04 bits per heavy atom. The van der Waals surface area contributed by atoms with Crippen molar-refractivity contribution in [1.29, 1.82) is 0 Å². The average Bonchev–Trinajstić information content (AvgIpc) is 2.74. The second kappa shape index (κ2) is 7.72. The van der Waals surface area contributed by atoms with E-state index in [0.29, 0.717) is 25.9 Å². The van der Waals surface area contributed by atoms with E-state index in [1.165, 1.54) is 23.0 Å². The lowest BCUT2D eigenvalue weighted by Gasteiger charge is -2.32. The van der Waals surface area contributed by atoms with Gasteiger partial charge in [-0.15, -0.1) is 0 Å². The number of hydrogen-bond donors (Lipinski definition) is 0. The van der Waals surface area contributed by atoms with Gasteiger partial charge >= 0.3 is 0 Å². The molecule has 4 rings (SSSR count). The molecule has 6 nitrogen and oxygen atoms in total. The van der Waals surface area contributed by atoms with Crippen LogP contribution in [-0.2, 0) is 0 Å². The Morgan fingerprint density at radius 3 is 2.50 bits per heavy atom. The number of halogens is 1. The maximum absolute atomic E-state index is 13.3. The van der Waals surface area contributed by atoms with E-state index in [0.717, 1.165) is 17.5 Å². The molecule has 1 saturated heterocycles. The van der Waals surface area contributed by atoms with Crippen molar-refractivity contribution in [2.24, 2.45) is 0 Å². The lowest BCUT2D eigenvalue weighted by atomic mass is 10.0. The van der Waals surface area contributed by atoms with Crippen LogP contribution in [0.25, 0.3) is 11.3 Å². The molecule has 1 aliphatic heterocycles. The summed E-state index contributed by atoms with van der Waals surface area (Å²) in [7, 11) is 0. The molecule has 0 saturated carbocycles. The van der Waals surface area contributed by atoms with Crippen molar-refractivity contribution < 1.29 is 9.18 Å². The molecule has 3 heterocycles. The topological polar surface area (TPSA) is 68.1 Å². The van der Waals surface area contributed by atoms with E-state index in [1.54, 1.807) is 11.0 Å². The van der Waals surface area contributed by atoms with Gasteiger partial charge in [0.25, 0.3) is 11.5 Å². The predicted octanol–water partition coefficient (Wildman–Crippen LogP) is 2.92. The smallest absolute Gasteiger partial charge is 0.267 e. The summed E-state index contributed by atoms with van der Waals surface area (Å²) in [5.41, 5.74) is 1.77. The second-order valence-corrected chi connectivity index (χ2v) is 6.78. The Morgan fingerprint density at radius 2 is 1.79 bits per heavy atom. The van der Waals surface area contributed by atoms with Gasteiger partial charge in [-0.3, -0.25) is 14.6 Å². The highest BCUT2D eigenvalue weighted by Crippen LogP contribution is 2.23. The highest BCUT2D eigenvalue weighted by atomic mass is 19.1. The van der Waals surface area contributed by atoms with Crippen molar-refractivity contribution in [2.75, 3.05) is 13.1 Å². The highest BCUT2D eigenvalue weighted by Gasteiger charge is 2.26. The van der Waals surface area contributed by atoms with Crippen molar-refractivity contribution >= 4 is 5.91 Å². The van der Waals surface area contributed by atoms with Crippen LogP contribution in [0, 0.1) is 5.82 Å². The SMILES string of the molecule is O=C(c1cncc(F)c1)N1CCC(n2nc(-c3ccccc3)ccc2=O)CC1. The molecule has 7 heteroatoms. The third-order valence-corrected chi connectivity index (χ3v) is 4.94. The lowest BCUT2D eigenvalue weighted by molar-refractivity contribution is 0.0687. The first-order valence-corrected chi connectivity index (χ1v) is 9.17. The Bertz CT molecular complexity index is 1040. The van der Waals surface area contributed by atoms with E-state index in [4.69, 9.17) is 0 Å². The molecule has 0 radical (unpaired) electrons. The highest BCUT2D eigenvalue weighted by molar-refractivity contribution is 5.93. The molecule has 1 aliphatic rings. The summed E-state index contributed by atoms with van der Waals surface area (Å²) in [6.07, 6.45) is 3.66. The van der Waals surface area contributed by atoms with Crippen LogP contribution in [0.4, 0.5) is 4.39 Å². The standard InChI is InChI=1S/C21H19FN4O2/c22-17-12-16(13-23-14-17)21(28)25-10-8-18(9-11-25)26-20(27)7-6-19(24-26)15-4-2-1-3-5-15/h1-7,12-14,18H,8-11H2. The number of amides is 1. The summed E-state index contributed by atoms with van der Waals surface area (Å²) in [6, 6.07) is 14.1. The molecule has 0 N–H and O–H groups in total. The zero-order valence-corrected chi connectivity index (χ0v) is 15.2. The van der Waals surface area contributed by atoms with Crippen molar-refractivity contribution in [3.05, 3.63) is 82.7 Å². The molecule has 0 bridgehead atoms. The fourth-order valence-electron chi connectivity index (χ4n) is 3.47. The summed E-state index contributed by atoms with van der Waals surface area (Å²) in [4.78, 5) is 30.3. The van der Waals surface area contributed by atoms with Crippen molar-refractivity contribution in [3.63, 3.8) is 0 Å². The number of carbonyl (C=O) groups excluding carboxylic acids is 1. The first kappa shape index (κ1) is 18.0. The first-order chi connectivity index (χ1) is 13.6. The van der Waals surface area contributed by atoms with Gasteiger partial charge in [0.2, 0.25) is 0 Å². The van der Waals surface area contributed by atoms with Crippen LogP contribution >= 0.6 is 0 Å². The molecule has 28 heavy (non-hydrogen) atoms. The van der Waals surface area contributed by atoms with Gasteiger partial charge in [0.15, 0.2) is 0 Å². The molecule has 1 amide bonds. The Labute approximate surface area is 161 Å². The lowest BCUT2D eigenvalue weighted by Crippen LogP contribution is -2.41. The van der Waals surface area contributed by atoms with Crippen LogP contribution < -0.4 is 5.56 Å². The molecule has 0 aliphatic carbocycles. The number of carbonyl (C=O) groups is 1. The summed E-state index contributed by atoms with van der Waals surface area (Å²) < 4.78 is 14.8. The number of piperidine rings is 1. The molecule has 142 valence electrons. The van der Waals surface area contributed by atoms with E-state index >= 15 is 0 Å². The van der Waals surface area contributed by atoms with E-state index in [9.17, 15) is 14.0 Å². The predicted molar refractivity (Wildman–Crippen MR) is 102 cm³/mol. The fraction of sp³-hybridized carbons (Fsp3) is 0.238. The van der Waals surface area contributed by atoms with Crippen molar-refractivity contribution in [3.8, 4) is 11.3 Å². The monoisotopic (exact) mass is 378 g/mol. The first-order valence-electron chi connectivity index (χ1n) is 9.17. The van der Waals surface area contributed by atoms with Crippen LogP contribution in [0.15, 0.2) is 65.7 Å². The van der Waals surface area contributed by atoms with Crippen LogP contribution in [0.5, 0.6) is 0 Å². The summed E-state index contributed by atoms with van der Waals surface area (Å²) >= 11 is 0. The number of nitrogens with zero attached hydrogens (tertiary/aromatic N) is 4. The molecule has 2 aromatic heterocycles. The maximum Gasteiger partial charge on any atom is 0.267 e. The normalized spacial score (nSPS) is 14.8. The molecule has 0 spiro atoms. The van der Waals surface area contributed by atoms with Gasteiger partial charge in [-0.25, -0.2) is 9.07 Å². The Hall–Kier alpha value is -3.35. The largest absolute Gasteiger partial charge is 0.338 e. The number of rotatable bonds is 3. The van der Waals surface area contributed by atoms with Crippen LogP contribution in [-0.4, -0.2) is 38.7 Å².